The Morgan fingerprint density at radius 3 is 3.05 bits per heavy atom. The number of para-hydroxylation sites is 1. The Morgan fingerprint density at radius 1 is 1.24 bits per heavy atom. The average Bonchev–Trinajstić information content (AvgIpc) is 2.54. The quantitative estimate of drug-likeness (QED) is 0.669. The molecule has 0 atom stereocenters. The summed E-state index contributed by atoms with van der Waals surface area (Å²) >= 11 is 6.05. The van der Waals surface area contributed by atoms with Crippen LogP contribution in [-0.4, -0.2) is 16.7 Å². The van der Waals surface area contributed by atoms with E-state index in [1.54, 1.807) is 24.3 Å². The Bertz CT molecular complexity index is 920. The summed E-state index contributed by atoms with van der Waals surface area (Å²) in [5.74, 6) is 1.06. The smallest absolute Gasteiger partial charge is 0.259 e. The lowest BCUT2D eigenvalue weighted by atomic mass is 10.1. The maximum absolute atomic E-state index is 12.3. The lowest BCUT2D eigenvalue weighted by molar-refractivity contribution is 0.348. The molecule has 2 heterocycles. The van der Waals surface area contributed by atoms with Crippen molar-refractivity contribution >= 4 is 28.2 Å². The van der Waals surface area contributed by atoms with E-state index in [0.29, 0.717) is 33.1 Å². The van der Waals surface area contributed by atoms with Gasteiger partial charge < -0.3 is 15.0 Å². The van der Waals surface area contributed by atoms with Crippen molar-refractivity contribution in [3.8, 4) is 17.1 Å². The van der Waals surface area contributed by atoms with Gasteiger partial charge in [0.05, 0.1) is 16.6 Å². The molecule has 3 aromatic rings. The van der Waals surface area contributed by atoms with Crippen molar-refractivity contribution < 1.29 is 4.74 Å². The van der Waals surface area contributed by atoms with E-state index >= 15 is 0 Å². The van der Waals surface area contributed by atoms with Crippen LogP contribution in [0.25, 0.3) is 22.3 Å². The topological polar surface area (TPSA) is 67.0 Å². The molecule has 1 aliphatic rings. The molecule has 21 heavy (non-hydrogen) atoms. The van der Waals surface area contributed by atoms with E-state index in [9.17, 15) is 4.79 Å². The van der Waals surface area contributed by atoms with Crippen LogP contribution in [0.5, 0.6) is 5.75 Å². The molecule has 0 radical (unpaired) electrons. The van der Waals surface area contributed by atoms with Gasteiger partial charge >= 0.3 is 0 Å². The number of hydrogen-bond acceptors (Lipinski definition) is 4. The van der Waals surface area contributed by atoms with Crippen molar-refractivity contribution in [2.24, 2.45) is 0 Å². The number of benzene rings is 2. The number of H-pyrrole nitrogens is 1. The summed E-state index contributed by atoms with van der Waals surface area (Å²) < 4.78 is 5.71. The summed E-state index contributed by atoms with van der Waals surface area (Å²) in [6.07, 6.45) is 0. The largest absolute Gasteiger partial charge is 0.473 e. The predicted molar refractivity (Wildman–Crippen MR) is 81.9 cm³/mol. The summed E-state index contributed by atoms with van der Waals surface area (Å²) in [5, 5.41) is 4.23. The Balaban J connectivity index is 2.12. The first-order valence-electron chi connectivity index (χ1n) is 6.42. The number of aromatic amines is 1. The molecule has 0 aliphatic carbocycles. The van der Waals surface area contributed by atoms with E-state index in [4.69, 9.17) is 16.3 Å². The highest BCUT2D eigenvalue weighted by molar-refractivity contribution is 6.30. The predicted octanol–water partition coefficient (Wildman–Crippen LogP) is 3.01. The Hall–Kier alpha value is -2.53. The number of hydrogen-bond donors (Lipinski definition) is 2. The summed E-state index contributed by atoms with van der Waals surface area (Å²) in [4.78, 5) is 19.6. The number of halogens is 1. The van der Waals surface area contributed by atoms with Crippen LogP contribution in [0.2, 0.25) is 5.02 Å². The Morgan fingerprint density at radius 2 is 2.14 bits per heavy atom. The summed E-state index contributed by atoms with van der Waals surface area (Å²) in [5.41, 5.74) is 1.86. The van der Waals surface area contributed by atoms with Gasteiger partial charge in [0.25, 0.3) is 5.56 Å². The maximum Gasteiger partial charge on any atom is 0.259 e. The fourth-order valence-corrected chi connectivity index (χ4v) is 2.61. The van der Waals surface area contributed by atoms with Crippen molar-refractivity contribution in [1.29, 1.82) is 0 Å². The van der Waals surface area contributed by atoms with Crippen LogP contribution in [0.15, 0.2) is 41.2 Å². The van der Waals surface area contributed by atoms with Gasteiger partial charge in [-0.25, -0.2) is 4.98 Å². The standard InChI is InChI=1S/C15H10ClN3O2/c16-8-4-5-12-10(6-8)14-18-13-9(15(20)19-14)2-1-3-11(13)17-7-21-12/h1-6,17H,7H2,(H,18,19,20). The number of rotatable bonds is 0. The molecule has 0 saturated carbocycles. The van der Waals surface area contributed by atoms with Crippen LogP contribution in [0.4, 0.5) is 5.69 Å². The van der Waals surface area contributed by atoms with Crippen molar-refractivity contribution in [3.63, 3.8) is 0 Å². The molecule has 0 unspecified atom stereocenters. The second-order valence-corrected chi connectivity index (χ2v) is 5.16. The first-order chi connectivity index (χ1) is 10.2. The number of aromatic nitrogens is 2. The van der Waals surface area contributed by atoms with E-state index in [1.165, 1.54) is 0 Å². The van der Waals surface area contributed by atoms with E-state index in [2.05, 4.69) is 15.3 Å². The van der Waals surface area contributed by atoms with Gasteiger partial charge in [-0.05, 0) is 30.3 Å². The molecule has 2 N–H and O–H groups in total. The second kappa shape index (κ2) is 4.49. The van der Waals surface area contributed by atoms with Crippen LogP contribution in [-0.2, 0) is 0 Å². The van der Waals surface area contributed by atoms with Gasteiger partial charge in [0.15, 0.2) is 6.73 Å². The summed E-state index contributed by atoms with van der Waals surface area (Å²) in [6.45, 7) is 0.280. The fourth-order valence-electron chi connectivity index (χ4n) is 2.44. The van der Waals surface area contributed by atoms with E-state index < -0.39 is 0 Å². The average molecular weight is 300 g/mol. The third-order valence-electron chi connectivity index (χ3n) is 3.42. The lowest BCUT2D eigenvalue weighted by Crippen LogP contribution is -2.11. The Kier molecular flexibility index (Phi) is 2.62. The highest BCUT2D eigenvalue weighted by Gasteiger charge is 2.15. The van der Waals surface area contributed by atoms with Gasteiger partial charge in [-0.1, -0.05) is 17.7 Å². The van der Waals surface area contributed by atoms with E-state index in [1.807, 2.05) is 12.1 Å². The molecule has 0 spiro atoms. The lowest BCUT2D eigenvalue weighted by Gasteiger charge is -2.10. The minimum Gasteiger partial charge on any atom is -0.473 e. The molecule has 104 valence electrons. The number of fused-ring (bicyclic) bond motifs is 3. The molecule has 2 bridgehead atoms. The van der Waals surface area contributed by atoms with Gasteiger partial charge in [0, 0.05) is 5.02 Å². The monoisotopic (exact) mass is 299 g/mol. The molecule has 6 heteroatoms. The van der Waals surface area contributed by atoms with Crippen LogP contribution in [0.3, 0.4) is 0 Å². The SMILES string of the molecule is O=c1[nH]c2nc3c(cccc13)NCOc1ccc(Cl)cc1-2. The van der Waals surface area contributed by atoms with E-state index in [0.717, 1.165) is 5.69 Å². The zero-order valence-corrected chi connectivity index (χ0v) is 11.6. The number of ether oxygens (including phenoxy) is 1. The van der Waals surface area contributed by atoms with Crippen LogP contribution in [0, 0.1) is 0 Å². The van der Waals surface area contributed by atoms with Crippen molar-refractivity contribution in [2.75, 3.05) is 12.0 Å². The van der Waals surface area contributed by atoms with Gasteiger partial charge in [-0.2, -0.15) is 0 Å². The fraction of sp³-hybridized carbons (Fsp3) is 0.0667. The van der Waals surface area contributed by atoms with Gasteiger partial charge in [0.1, 0.15) is 17.1 Å². The second-order valence-electron chi connectivity index (χ2n) is 4.72. The molecule has 1 aliphatic heterocycles. The highest BCUT2D eigenvalue weighted by Crippen LogP contribution is 2.32. The molecule has 1 aromatic heterocycles. The number of nitrogens with one attached hydrogen (secondary N) is 2. The third kappa shape index (κ3) is 1.94. The molecule has 5 nitrogen and oxygen atoms in total. The van der Waals surface area contributed by atoms with Crippen molar-refractivity contribution in [3.05, 3.63) is 51.8 Å². The minimum atomic E-state index is -0.188. The zero-order valence-electron chi connectivity index (χ0n) is 10.8. The van der Waals surface area contributed by atoms with Gasteiger partial charge in [-0.15, -0.1) is 0 Å². The molecular formula is C15H10ClN3O2. The molecule has 0 amide bonds. The normalized spacial score (nSPS) is 12.8. The van der Waals surface area contributed by atoms with Gasteiger partial charge in [-0.3, -0.25) is 4.79 Å². The van der Waals surface area contributed by atoms with Crippen molar-refractivity contribution in [1.82, 2.24) is 9.97 Å². The van der Waals surface area contributed by atoms with Gasteiger partial charge in [0.2, 0.25) is 0 Å². The number of anilines is 1. The molecular weight excluding hydrogens is 290 g/mol. The molecule has 4 rings (SSSR count). The molecule has 0 fully saturated rings. The highest BCUT2D eigenvalue weighted by atomic mass is 35.5. The summed E-state index contributed by atoms with van der Waals surface area (Å²) in [6, 6.07) is 10.7. The van der Waals surface area contributed by atoms with Crippen LogP contribution >= 0.6 is 11.6 Å². The van der Waals surface area contributed by atoms with Crippen LogP contribution in [0.1, 0.15) is 0 Å². The molecule has 2 aromatic carbocycles. The maximum atomic E-state index is 12.3. The summed E-state index contributed by atoms with van der Waals surface area (Å²) in [7, 11) is 0. The van der Waals surface area contributed by atoms with Crippen molar-refractivity contribution in [2.45, 2.75) is 0 Å². The first kappa shape index (κ1) is 12.2. The van der Waals surface area contributed by atoms with Crippen LogP contribution < -0.4 is 15.6 Å². The molecule has 0 saturated heterocycles. The number of nitrogens with zero attached hydrogens (tertiary/aromatic N) is 1. The minimum absolute atomic E-state index is 0.188. The first-order valence-corrected chi connectivity index (χ1v) is 6.80. The van der Waals surface area contributed by atoms with E-state index in [-0.39, 0.29) is 12.3 Å². The third-order valence-corrected chi connectivity index (χ3v) is 3.66. The Labute approximate surface area is 124 Å². The zero-order chi connectivity index (χ0) is 14.4.